The molecule has 0 fully saturated rings. The van der Waals surface area contributed by atoms with Crippen molar-refractivity contribution in [3.63, 3.8) is 0 Å². The molecule has 0 saturated heterocycles. The van der Waals surface area contributed by atoms with Gasteiger partial charge in [0.1, 0.15) is 0 Å². The molecule has 0 amide bonds. The minimum atomic E-state index is -3.73. The van der Waals surface area contributed by atoms with Crippen LogP contribution in [-0.2, 0) is 9.84 Å². The SMILES string of the molecule is O=C1c2ccccc2S(=O)(=O)c2cc(C3=NNNN3)ccc21. The van der Waals surface area contributed by atoms with Gasteiger partial charge in [-0.15, -0.1) is 10.6 Å². The van der Waals surface area contributed by atoms with Gasteiger partial charge >= 0.3 is 0 Å². The van der Waals surface area contributed by atoms with Gasteiger partial charge in [0.25, 0.3) is 0 Å². The van der Waals surface area contributed by atoms with Gasteiger partial charge in [0.05, 0.1) is 9.79 Å². The van der Waals surface area contributed by atoms with E-state index in [0.29, 0.717) is 11.4 Å². The van der Waals surface area contributed by atoms with Crippen molar-refractivity contribution in [2.75, 3.05) is 0 Å². The minimum Gasteiger partial charge on any atom is -0.289 e. The Morgan fingerprint density at radius 2 is 1.73 bits per heavy atom. The summed E-state index contributed by atoms with van der Waals surface area (Å²) in [6.07, 6.45) is 0. The van der Waals surface area contributed by atoms with Crippen molar-refractivity contribution in [2.24, 2.45) is 5.10 Å². The number of carbonyl (C=O) groups is 1. The first-order chi connectivity index (χ1) is 10.6. The summed E-state index contributed by atoms with van der Waals surface area (Å²) < 4.78 is 25.5. The summed E-state index contributed by atoms with van der Waals surface area (Å²) in [6, 6.07) is 10.9. The largest absolute Gasteiger partial charge is 0.289 e. The third-order valence-corrected chi connectivity index (χ3v) is 5.47. The van der Waals surface area contributed by atoms with Crippen LogP contribution in [0.4, 0.5) is 0 Å². The van der Waals surface area contributed by atoms with Crippen molar-refractivity contribution >= 4 is 21.5 Å². The number of rotatable bonds is 1. The molecule has 3 N–H and O–H groups in total. The Morgan fingerprint density at radius 3 is 2.50 bits per heavy atom. The van der Waals surface area contributed by atoms with E-state index in [0.717, 1.165) is 0 Å². The van der Waals surface area contributed by atoms with Crippen molar-refractivity contribution in [2.45, 2.75) is 9.79 Å². The lowest BCUT2D eigenvalue weighted by Crippen LogP contribution is -2.35. The molecule has 0 aromatic heterocycles. The molecule has 0 spiro atoms. The van der Waals surface area contributed by atoms with E-state index >= 15 is 0 Å². The highest BCUT2D eigenvalue weighted by atomic mass is 32.2. The molecule has 0 bridgehead atoms. The zero-order valence-corrected chi connectivity index (χ0v) is 11.9. The van der Waals surface area contributed by atoms with Crippen LogP contribution in [0.3, 0.4) is 0 Å². The standard InChI is InChI=1S/C14H10N4O3S/c19-13-9-3-1-2-4-11(9)22(20,21)12-7-8(5-6-10(12)13)14-15-17-18-16-14/h1-7,17-18H,(H,15,16). The monoisotopic (exact) mass is 314 g/mol. The van der Waals surface area contributed by atoms with Gasteiger partial charge < -0.3 is 0 Å². The number of hydrazine groups is 2. The fourth-order valence-corrected chi connectivity index (χ4v) is 4.24. The summed E-state index contributed by atoms with van der Waals surface area (Å²) in [5, 5.41) is 3.93. The average Bonchev–Trinajstić information content (AvgIpc) is 3.07. The maximum atomic E-state index is 12.8. The lowest BCUT2D eigenvalue weighted by Gasteiger charge is -2.19. The Balaban J connectivity index is 1.97. The van der Waals surface area contributed by atoms with Crippen LogP contribution in [0.1, 0.15) is 21.5 Å². The Morgan fingerprint density at radius 1 is 0.955 bits per heavy atom. The molecule has 2 aliphatic heterocycles. The summed E-state index contributed by atoms with van der Waals surface area (Å²) in [7, 11) is -3.73. The molecule has 7 nitrogen and oxygen atoms in total. The van der Waals surface area contributed by atoms with Crippen LogP contribution >= 0.6 is 0 Å². The third-order valence-electron chi connectivity index (χ3n) is 3.61. The number of hydrazone groups is 1. The number of nitrogens with zero attached hydrogens (tertiary/aromatic N) is 1. The van der Waals surface area contributed by atoms with E-state index in [1.165, 1.54) is 24.3 Å². The Hall–Kier alpha value is -2.71. The number of carbonyl (C=O) groups excluding carboxylic acids is 1. The topological polar surface area (TPSA) is 99.7 Å². The number of nitrogens with one attached hydrogen (secondary N) is 3. The number of amidine groups is 1. The van der Waals surface area contributed by atoms with E-state index in [2.05, 4.69) is 21.6 Å². The van der Waals surface area contributed by atoms with Crippen LogP contribution in [-0.4, -0.2) is 20.0 Å². The number of sulfone groups is 1. The van der Waals surface area contributed by atoms with Gasteiger partial charge in [0.2, 0.25) is 9.84 Å². The normalized spacial score (nSPS) is 17.8. The number of hydrogen-bond donors (Lipinski definition) is 3. The van der Waals surface area contributed by atoms with Crippen molar-refractivity contribution in [3.05, 3.63) is 59.2 Å². The molecule has 2 aliphatic rings. The van der Waals surface area contributed by atoms with Crippen LogP contribution in [0, 0.1) is 0 Å². The molecule has 110 valence electrons. The fourth-order valence-electron chi connectivity index (χ4n) is 2.57. The highest BCUT2D eigenvalue weighted by Gasteiger charge is 2.34. The highest BCUT2D eigenvalue weighted by Crippen LogP contribution is 2.34. The van der Waals surface area contributed by atoms with Gasteiger partial charge in [-0.05, 0) is 24.3 Å². The van der Waals surface area contributed by atoms with Crippen LogP contribution in [0.25, 0.3) is 0 Å². The summed E-state index contributed by atoms with van der Waals surface area (Å²) in [5.41, 5.74) is 8.78. The number of ketones is 1. The number of hydrogen-bond acceptors (Lipinski definition) is 7. The van der Waals surface area contributed by atoms with Gasteiger partial charge in [-0.3, -0.25) is 10.2 Å². The van der Waals surface area contributed by atoms with E-state index in [-0.39, 0.29) is 26.7 Å². The van der Waals surface area contributed by atoms with E-state index in [1.807, 2.05) is 0 Å². The van der Waals surface area contributed by atoms with E-state index < -0.39 is 9.84 Å². The van der Waals surface area contributed by atoms with E-state index in [4.69, 9.17) is 0 Å². The van der Waals surface area contributed by atoms with Gasteiger partial charge in [0, 0.05) is 16.7 Å². The minimum absolute atomic E-state index is 0.00472. The van der Waals surface area contributed by atoms with Crippen molar-refractivity contribution in [3.8, 4) is 0 Å². The van der Waals surface area contributed by atoms with Crippen LogP contribution in [0.5, 0.6) is 0 Å². The molecule has 22 heavy (non-hydrogen) atoms. The van der Waals surface area contributed by atoms with Crippen molar-refractivity contribution < 1.29 is 13.2 Å². The van der Waals surface area contributed by atoms with Gasteiger partial charge in [-0.25, -0.2) is 14.0 Å². The molecule has 0 atom stereocenters. The number of fused-ring (bicyclic) bond motifs is 2. The molecule has 2 aromatic carbocycles. The number of benzene rings is 2. The second-order valence-corrected chi connectivity index (χ2v) is 6.75. The smallest absolute Gasteiger partial charge is 0.208 e. The maximum Gasteiger partial charge on any atom is 0.208 e. The van der Waals surface area contributed by atoms with Crippen LogP contribution < -0.4 is 16.5 Å². The first kappa shape index (κ1) is 13.0. The van der Waals surface area contributed by atoms with Crippen LogP contribution in [0.2, 0.25) is 0 Å². The third kappa shape index (κ3) is 1.68. The second-order valence-electron chi connectivity index (χ2n) is 4.86. The quantitative estimate of drug-likeness (QED) is 0.599. The Labute approximate surface area is 125 Å². The zero-order valence-electron chi connectivity index (χ0n) is 11.1. The molecule has 8 heteroatoms. The maximum absolute atomic E-state index is 12.8. The predicted molar refractivity (Wildman–Crippen MR) is 77.7 cm³/mol. The van der Waals surface area contributed by atoms with Gasteiger partial charge in [0.15, 0.2) is 11.6 Å². The predicted octanol–water partition coefficient (Wildman–Crippen LogP) is 0.338. The van der Waals surface area contributed by atoms with Crippen molar-refractivity contribution in [1.29, 1.82) is 0 Å². The molecule has 0 unspecified atom stereocenters. The van der Waals surface area contributed by atoms with Gasteiger partial charge in [-0.2, -0.15) is 0 Å². The lowest BCUT2D eigenvalue weighted by atomic mass is 10.0. The second kappa shape index (κ2) is 4.39. The van der Waals surface area contributed by atoms with Crippen LogP contribution in [0.15, 0.2) is 57.4 Å². The Kier molecular flexibility index (Phi) is 2.59. The van der Waals surface area contributed by atoms with Gasteiger partial charge in [-0.1, -0.05) is 18.2 Å². The first-order valence-electron chi connectivity index (χ1n) is 6.46. The molecule has 0 saturated carbocycles. The average molecular weight is 314 g/mol. The molecule has 2 aromatic rings. The summed E-state index contributed by atoms with van der Waals surface area (Å²) >= 11 is 0. The summed E-state index contributed by atoms with van der Waals surface area (Å²) in [6.45, 7) is 0. The first-order valence-corrected chi connectivity index (χ1v) is 7.94. The molecule has 0 aliphatic carbocycles. The van der Waals surface area contributed by atoms with Crippen molar-refractivity contribution in [1.82, 2.24) is 16.5 Å². The summed E-state index contributed by atoms with van der Waals surface area (Å²) in [5.74, 6) is 0.161. The fraction of sp³-hybridized carbons (Fsp3) is 0. The highest BCUT2D eigenvalue weighted by molar-refractivity contribution is 7.91. The molecule has 4 rings (SSSR count). The van der Waals surface area contributed by atoms with E-state index in [1.54, 1.807) is 18.2 Å². The Bertz CT molecular complexity index is 950. The summed E-state index contributed by atoms with van der Waals surface area (Å²) in [4.78, 5) is 12.5. The lowest BCUT2D eigenvalue weighted by molar-refractivity contribution is 0.103. The zero-order chi connectivity index (χ0) is 15.3. The molecular weight excluding hydrogens is 304 g/mol. The molecule has 2 heterocycles. The molecular formula is C14H10N4O3S. The van der Waals surface area contributed by atoms with E-state index in [9.17, 15) is 13.2 Å². The molecule has 0 radical (unpaired) electrons.